The van der Waals surface area contributed by atoms with Gasteiger partial charge in [0.15, 0.2) is 0 Å². The van der Waals surface area contributed by atoms with E-state index in [0.29, 0.717) is 13.0 Å². The molecule has 1 rings (SSSR count). The minimum Gasteiger partial charge on any atom is -0.409 e. The van der Waals surface area contributed by atoms with Crippen molar-refractivity contribution in [2.45, 2.75) is 12.8 Å². The van der Waals surface area contributed by atoms with Gasteiger partial charge in [-0.2, -0.15) is 0 Å². The summed E-state index contributed by atoms with van der Waals surface area (Å²) in [5.74, 6) is -0.144. The Morgan fingerprint density at radius 3 is 2.94 bits per heavy atom. The number of piperidine rings is 1. The second-order valence-corrected chi connectivity index (χ2v) is 6.12. The summed E-state index contributed by atoms with van der Waals surface area (Å²) in [5, 5.41) is 11.5. The third kappa shape index (κ3) is 3.83. The van der Waals surface area contributed by atoms with Gasteiger partial charge in [-0.05, 0) is 12.8 Å². The Morgan fingerprint density at radius 2 is 2.35 bits per heavy atom. The Hall–Kier alpha value is -0.860. The zero-order valence-electron chi connectivity index (χ0n) is 9.87. The Labute approximate surface area is 101 Å². The van der Waals surface area contributed by atoms with Gasteiger partial charge in [-0.15, -0.1) is 0 Å². The van der Waals surface area contributed by atoms with E-state index in [1.807, 2.05) is 0 Å². The molecule has 0 aliphatic carbocycles. The van der Waals surface area contributed by atoms with Gasteiger partial charge in [0.1, 0.15) is 5.84 Å². The summed E-state index contributed by atoms with van der Waals surface area (Å²) in [6, 6.07) is 0. The number of amidine groups is 1. The number of hydrogen-bond donors (Lipinski definition) is 2. The summed E-state index contributed by atoms with van der Waals surface area (Å²) in [6.07, 6.45) is 1.46. The molecule has 0 aromatic rings. The molecule has 1 heterocycles. The molecule has 0 aromatic heterocycles. The van der Waals surface area contributed by atoms with Crippen LogP contribution >= 0.6 is 0 Å². The fourth-order valence-electron chi connectivity index (χ4n) is 1.84. The van der Waals surface area contributed by atoms with E-state index in [9.17, 15) is 8.42 Å². The van der Waals surface area contributed by atoms with Gasteiger partial charge in [-0.25, -0.2) is 12.7 Å². The first-order valence-corrected chi connectivity index (χ1v) is 7.06. The van der Waals surface area contributed by atoms with Gasteiger partial charge in [-0.3, -0.25) is 0 Å². The van der Waals surface area contributed by atoms with Crippen molar-refractivity contribution in [3.05, 3.63) is 0 Å². The van der Waals surface area contributed by atoms with Crippen molar-refractivity contribution in [2.75, 3.05) is 32.6 Å². The highest BCUT2D eigenvalue weighted by molar-refractivity contribution is 7.89. The largest absolute Gasteiger partial charge is 0.409 e. The number of nitrogens with two attached hydrogens (primary N) is 1. The first-order valence-electron chi connectivity index (χ1n) is 5.45. The maximum atomic E-state index is 11.9. The smallest absolute Gasteiger partial charge is 0.216 e. The number of sulfonamides is 1. The summed E-state index contributed by atoms with van der Waals surface area (Å²) >= 11 is 0. The quantitative estimate of drug-likeness (QED) is 0.299. The molecule has 1 aliphatic heterocycles. The standard InChI is InChI=1S/C9H19N3O4S/c1-16-5-6-17(14,15)12-4-2-3-8(7-12)9(10)11-13/h8,13H,2-7H2,1H3,(H2,10,11). The molecule has 0 saturated carbocycles. The SMILES string of the molecule is COCCS(=O)(=O)N1CCCC(C(N)=NO)C1. The van der Waals surface area contributed by atoms with Crippen LogP contribution in [0.25, 0.3) is 0 Å². The lowest BCUT2D eigenvalue weighted by molar-refractivity contribution is 0.214. The van der Waals surface area contributed by atoms with Crippen LogP contribution in [0.1, 0.15) is 12.8 Å². The molecule has 0 radical (unpaired) electrons. The third-order valence-electron chi connectivity index (χ3n) is 2.86. The topological polar surface area (TPSA) is 105 Å². The van der Waals surface area contributed by atoms with Crippen LogP contribution in [0.3, 0.4) is 0 Å². The van der Waals surface area contributed by atoms with Gasteiger partial charge in [0, 0.05) is 26.1 Å². The molecule has 100 valence electrons. The second kappa shape index (κ2) is 6.18. The third-order valence-corrected chi connectivity index (χ3v) is 4.66. The molecule has 0 spiro atoms. The predicted molar refractivity (Wildman–Crippen MR) is 63.4 cm³/mol. The van der Waals surface area contributed by atoms with Crippen LogP contribution in [0.15, 0.2) is 5.16 Å². The van der Waals surface area contributed by atoms with E-state index >= 15 is 0 Å². The van der Waals surface area contributed by atoms with Gasteiger partial charge in [0.2, 0.25) is 10.0 Å². The van der Waals surface area contributed by atoms with E-state index in [0.717, 1.165) is 6.42 Å². The fraction of sp³-hybridized carbons (Fsp3) is 0.889. The lowest BCUT2D eigenvalue weighted by atomic mass is 9.99. The maximum absolute atomic E-state index is 11.9. The number of ether oxygens (including phenoxy) is 1. The van der Waals surface area contributed by atoms with Crippen LogP contribution in [0.5, 0.6) is 0 Å². The zero-order valence-corrected chi connectivity index (χ0v) is 10.7. The minimum absolute atomic E-state index is 0.0353. The van der Waals surface area contributed by atoms with Crippen LogP contribution in [0.2, 0.25) is 0 Å². The van der Waals surface area contributed by atoms with Crippen LogP contribution in [-0.4, -0.2) is 56.3 Å². The van der Waals surface area contributed by atoms with Crippen molar-refractivity contribution < 1.29 is 18.4 Å². The molecule has 0 bridgehead atoms. The molecular formula is C9H19N3O4S. The number of nitrogens with zero attached hydrogens (tertiary/aromatic N) is 2. The van der Waals surface area contributed by atoms with E-state index < -0.39 is 10.0 Å². The van der Waals surface area contributed by atoms with Crippen LogP contribution in [0, 0.1) is 5.92 Å². The van der Waals surface area contributed by atoms with E-state index in [1.54, 1.807) is 0 Å². The Morgan fingerprint density at radius 1 is 1.65 bits per heavy atom. The molecule has 17 heavy (non-hydrogen) atoms. The summed E-state index contributed by atoms with van der Waals surface area (Å²) in [7, 11) is -1.84. The van der Waals surface area contributed by atoms with Crippen molar-refractivity contribution >= 4 is 15.9 Å². The first-order chi connectivity index (χ1) is 8.01. The second-order valence-electron chi connectivity index (χ2n) is 4.03. The lowest BCUT2D eigenvalue weighted by Gasteiger charge is -2.31. The average Bonchev–Trinajstić information content (AvgIpc) is 2.35. The number of hydrogen-bond acceptors (Lipinski definition) is 5. The molecule has 0 amide bonds. The molecule has 0 aromatic carbocycles. The molecule has 7 nitrogen and oxygen atoms in total. The molecular weight excluding hydrogens is 246 g/mol. The Bertz CT molecular complexity index is 368. The minimum atomic E-state index is -3.30. The highest BCUT2D eigenvalue weighted by Crippen LogP contribution is 2.19. The Balaban J connectivity index is 2.66. The molecule has 1 atom stereocenters. The summed E-state index contributed by atoms with van der Waals surface area (Å²) in [6.45, 7) is 0.941. The van der Waals surface area contributed by atoms with Crippen molar-refractivity contribution in [2.24, 2.45) is 16.8 Å². The van der Waals surface area contributed by atoms with E-state index in [4.69, 9.17) is 15.7 Å². The lowest BCUT2D eigenvalue weighted by Crippen LogP contribution is -2.45. The van der Waals surface area contributed by atoms with Crippen molar-refractivity contribution in [3.8, 4) is 0 Å². The normalized spacial score (nSPS) is 23.8. The highest BCUT2D eigenvalue weighted by atomic mass is 32.2. The Kier molecular flexibility index (Phi) is 5.16. The van der Waals surface area contributed by atoms with Crippen LogP contribution in [0.4, 0.5) is 0 Å². The average molecular weight is 265 g/mol. The fourth-order valence-corrected chi connectivity index (χ4v) is 3.29. The van der Waals surface area contributed by atoms with E-state index in [2.05, 4.69) is 5.16 Å². The molecule has 1 saturated heterocycles. The molecule has 1 aliphatic rings. The summed E-state index contributed by atoms with van der Waals surface area (Å²) in [4.78, 5) is 0. The number of methoxy groups -OCH3 is 1. The molecule has 1 fully saturated rings. The molecule has 8 heteroatoms. The van der Waals surface area contributed by atoms with Gasteiger partial charge < -0.3 is 15.7 Å². The number of oxime groups is 1. The van der Waals surface area contributed by atoms with Gasteiger partial charge >= 0.3 is 0 Å². The van der Waals surface area contributed by atoms with E-state index in [-0.39, 0.29) is 30.7 Å². The van der Waals surface area contributed by atoms with Gasteiger partial charge in [0.05, 0.1) is 12.4 Å². The van der Waals surface area contributed by atoms with Crippen molar-refractivity contribution in [3.63, 3.8) is 0 Å². The van der Waals surface area contributed by atoms with E-state index in [1.165, 1.54) is 11.4 Å². The molecule has 3 N–H and O–H groups in total. The van der Waals surface area contributed by atoms with Crippen LogP contribution < -0.4 is 5.73 Å². The van der Waals surface area contributed by atoms with Crippen molar-refractivity contribution in [1.82, 2.24) is 4.31 Å². The monoisotopic (exact) mass is 265 g/mol. The zero-order chi connectivity index (χ0) is 12.9. The van der Waals surface area contributed by atoms with Gasteiger partial charge in [0.25, 0.3) is 0 Å². The molecule has 1 unspecified atom stereocenters. The van der Waals surface area contributed by atoms with Crippen molar-refractivity contribution in [1.29, 1.82) is 0 Å². The summed E-state index contributed by atoms with van der Waals surface area (Å²) in [5.41, 5.74) is 5.51. The number of rotatable bonds is 5. The maximum Gasteiger partial charge on any atom is 0.216 e. The first kappa shape index (κ1) is 14.2. The summed E-state index contributed by atoms with van der Waals surface area (Å²) < 4.78 is 30.0. The van der Waals surface area contributed by atoms with Gasteiger partial charge in [-0.1, -0.05) is 5.16 Å². The predicted octanol–water partition coefficient (Wildman–Crippen LogP) is -0.579. The highest BCUT2D eigenvalue weighted by Gasteiger charge is 2.30. The van der Waals surface area contributed by atoms with Crippen LogP contribution in [-0.2, 0) is 14.8 Å².